The summed E-state index contributed by atoms with van der Waals surface area (Å²) < 4.78 is 2.29. The van der Waals surface area contributed by atoms with Gasteiger partial charge in [0, 0.05) is 61.3 Å². The number of aromatic nitrogens is 3. The van der Waals surface area contributed by atoms with Gasteiger partial charge in [-0.15, -0.1) is 0 Å². The SMILES string of the molecule is CC1c2c(n(/C=C3\Cc4cnccc43)c3ncc(Cl)cc23)CCN1C. The molecule has 1 atom stereocenters. The van der Waals surface area contributed by atoms with Gasteiger partial charge < -0.3 is 4.57 Å². The molecule has 0 saturated carbocycles. The second-order valence-corrected chi connectivity index (χ2v) is 7.46. The maximum absolute atomic E-state index is 6.26. The second kappa shape index (κ2) is 5.41. The van der Waals surface area contributed by atoms with E-state index in [2.05, 4.69) is 51.7 Å². The molecule has 2 aliphatic rings. The second-order valence-electron chi connectivity index (χ2n) is 7.03. The lowest BCUT2D eigenvalue weighted by molar-refractivity contribution is 0.247. The van der Waals surface area contributed by atoms with Crippen molar-refractivity contribution in [2.75, 3.05) is 13.6 Å². The molecule has 0 N–H and O–H groups in total. The Balaban J connectivity index is 1.75. The molecule has 1 aliphatic heterocycles. The van der Waals surface area contributed by atoms with Crippen molar-refractivity contribution in [3.63, 3.8) is 0 Å². The van der Waals surface area contributed by atoms with E-state index >= 15 is 0 Å². The van der Waals surface area contributed by atoms with Crippen molar-refractivity contribution in [1.82, 2.24) is 19.4 Å². The van der Waals surface area contributed by atoms with E-state index in [1.165, 1.54) is 33.3 Å². The number of allylic oxidation sites excluding steroid dienone is 1. The minimum Gasteiger partial charge on any atom is -0.304 e. The van der Waals surface area contributed by atoms with Crippen LogP contribution in [0.2, 0.25) is 5.02 Å². The van der Waals surface area contributed by atoms with E-state index in [9.17, 15) is 0 Å². The highest BCUT2D eigenvalue weighted by molar-refractivity contribution is 6.31. The van der Waals surface area contributed by atoms with Gasteiger partial charge in [0.2, 0.25) is 0 Å². The number of halogens is 1. The first-order valence-electron chi connectivity index (χ1n) is 8.66. The van der Waals surface area contributed by atoms with Gasteiger partial charge in [0.05, 0.1) is 5.02 Å². The molecule has 3 aromatic heterocycles. The normalized spacial score (nSPS) is 21.2. The quantitative estimate of drug-likeness (QED) is 0.660. The van der Waals surface area contributed by atoms with Crippen molar-refractivity contribution in [3.05, 3.63) is 58.1 Å². The number of likely N-dealkylation sites (N-methyl/N-ethyl adjacent to an activating group) is 1. The molecule has 0 aromatic carbocycles. The number of hydrogen-bond acceptors (Lipinski definition) is 3. The van der Waals surface area contributed by atoms with Crippen molar-refractivity contribution in [3.8, 4) is 0 Å². The fourth-order valence-corrected chi connectivity index (χ4v) is 4.30. The molecule has 25 heavy (non-hydrogen) atoms. The zero-order chi connectivity index (χ0) is 17.1. The third kappa shape index (κ3) is 2.17. The van der Waals surface area contributed by atoms with Crippen LogP contribution in [-0.2, 0) is 12.8 Å². The minimum absolute atomic E-state index is 0.365. The molecule has 5 heteroatoms. The molecule has 3 aromatic rings. The van der Waals surface area contributed by atoms with E-state index in [0.29, 0.717) is 11.1 Å². The van der Waals surface area contributed by atoms with E-state index in [0.717, 1.165) is 25.0 Å². The maximum Gasteiger partial charge on any atom is 0.144 e. The van der Waals surface area contributed by atoms with Gasteiger partial charge in [0.25, 0.3) is 0 Å². The lowest BCUT2D eigenvalue weighted by atomic mass is 9.85. The molecule has 0 spiro atoms. The van der Waals surface area contributed by atoms with Crippen molar-refractivity contribution >= 4 is 34.4 Å². The van der Waals surface area contributed by atoms with Crippen molar-refractivity contribution < 1.29 is 0 Å². The summed E-state index contributed by atoms with van der Waals surface area (Å²) >= 11 is 6.26. The predicted molar refractivity (Wildman–Crippen MR) is 102 cm³/mol. The van der Waals surface area contributed by atoms with Gasteiger partial charge >= 0.3 is 0 Å². The summed E-state index contributed by atoms with van der Waals surface area (Å²) in [6.07, 6.45) is 9.84. The topological polar surface area (TPSA) is 34.0 Å². The van der Waals surface area contributed by atoms with Crippen LogP contribution in [0.5, 0.6) is 0 Å². The van der Waals surface area contributed by atoms with Gasteiger partial charge in [-0.3, -0.25) is 9.88 Å². The van der Waals surface area contributed by atoms with Crippen molar-refractivity contribution in [2.45, 2.75) is 25.8 Å². The Kier molecular flexibility index (Phi) is 3.27. The third-order valence-corrected chi connectivity index (χ3v) is 5.86. The molecule has 0 bridgehead atoms. The molecule has 0 radical (unpaired) electrons. The number of fused-ring (bicyclic) bond motifs is 4. The van der Waals surface area contributed by atoms with Crippen molar-refractivity contribution in [2.24, 2.45) is 0 Å². The summed E-state index contributed by atoms with van der Waals surface area (Å²) in [4.78, 5) is 11.3. The Morgan fingerprint density at radius 2 is 2.20 bits per heavy atom. The van der Waals surface area contributed by atoms with Gasteiger partial charge in [-0.2, -0.15) is 0 Å². The molecule has 1 aliphatic carbocycles. The molecule has 4 nitrogen and oxygen atoms in total. The summed E-state index contributed by atoms with van der Waals surface area (Å²) in [6.45, 7) is 3.32. The first kappa shape index (κ1) is 15.1. The van der Waals surface area contributed by atoms with Gasteiger partial charge in [-0.1, -0.05) is 11.6 Å². The van der Waals surface area contributed by atoms with E-state index in [-0.39, 0.29) is 0 Å². The molecule has 5 rings (SSSR count). The largest absolute Gasteiger partial charge is 0.304 e. The minimum atomic E-state index is 0.365. The highest BCUT2D eigenvalue weighted by Gasteiger charge is 2.29. The average Bonchev–Trinajstić information content (AvgIpc) is 2.89. The predicted octanol–water partition coefficient (Wildman–Crippen LogP) is 4.19. The van der Waals surface area contributed by atoms with E-state index in [1.807, 2.05) is 12.4 Å². The molecule has 1 unspecified atom stereocenters. The van der Waals surface area contributed by atoms with Crippen LogP contribution in [0.1, 0.15) is 35.3 Å². The van der Waals surface area contributed by atoms with Gasteiger partial charge in [-0.05, 0) is 48.4 Å². The molecule has 4 heterocycles. The van der Waals surface area contributed by atoms with Crippen LogP contribution >= 0.6 is 11.6 Å². The number of rotatable bonds is 1. The van der Waals surface area contributed by atoms with Crippen LogP contribution in [0, 0.1) is 0 Å². The Bertz CT molecular complexity index is 1030. The molecular weight excluding hydrogens is 332 g/mol. The third-order valence-electron chi connectivity index (χ3n) is 5.65. The fraction of sp³-hybridized carbons (Fsp3) is 0.300. The standard InChI is InChI=1S/C20H19ClN4/c1-12-19-17-8-15(21)10-23-20(17)25(18(19)4-6-24(12)2)11-14-7-13-9-22-5-3-16(13)14/h3,5,8-12H,4,6-7H2,1-2H3/b14-11+. The van der Waals surface area contributed by atoms with Crippen LogP contribution in [0.3, 0.4) is 0 Å². The molecule has 126 valence electrons. The fourth-order valence-electron chi connectivity index (χ4n) is 4.14. The van der Waals surface area contributed by atoms with Gasteiger partial charge in [0.15, 0.2) is 0 Å². The number of nitrogens with zero attached hydrogens (tertiary/aromatic N) is 4. The van der Waals surface area contributed by atoms with Crippen LogP contribution in [0.25, 0.3) is 22.8 Å². The number of hydrogen-bond donors (Lipinski definition) is 0. The van der Waals surface area contributed by atoms with E-state index in [1.54, 1.807) is 6.20 Å². The Morgan fingerprint density at radius 1 is 1.32 bits per heavy atom. The van der Waals surface area contributed by atoms with Gasteiger partial charge in [-0.25, -0.2) is 4.98 Å². The first-order valence-corrected chi connectivity index (χ1v) is 9.03. The molecule has 0 saturated heterocycles. The first-order chi connectivity index (χ1) is 12.1. The summed E-state index contributed by atoms with van der Waals surface area (Å²) in [5, 5.41) is 1.87. The summed E-state index contributed by atoms with van der Waals surface area (Å²) in [5.41, 5.74) is 7.71. The summed E-state index contributed by atoms with van der Waals surface area (Å²) in [5.74, 6) is 0. The van der Waals surface area contributed by atoms with Crippen LogP contribution in [0.15, 0.2) is 30.7 Å². The Hall–Kier alpha value is -2.17. The van der Waals surface area contributed by atoms with E-state index < -0.39 is 0 Å². The van der Waals surface area contributed by atoms with Crippen LogP contribution in [0.4, 0.5) is 0 Å². The smallest absolute Gasteiger partial charge is 0.144 e. The van der Waals surface area contributed by atoms with Gasteiger partial charge in [0.1, 0.15) is 5.65 Å². The highest BCUT2D eigenvalue weighted by Crippen LogP contribution is 2.40. The Morgan fingerprint density at radius 3 is 3.04 bits per heavy atom. The lowest BCUT2D eigenvalue weighted by Gasteiger charge is -2.31. The van der Waals surface area contributed by atoms with Crippen LogP contribution in [-0.4, -0.2) is 33.0 Å². The average molecular weight is 351 g/mol. The van der Waals surface area contributed by atoms with E-state index in [4.69, 9.17) is 11.6 Å². The zero-order valence-electron chi connectivity index (χ0n) is 14.3. The lowest BCUT2D eigenvalue weighted by Crippen LogP contribution is -2.30. The monoisotopic (exact) mass is 350 g/mol. The highest BCUT2D eigenvalue weighted by atomic mass is 35.5. The molecule has 0 fully saturated rings. The summed E-state index contributed by atoms with van der Waals surface area (Å²) in [7, 11) is 2.18. The number of pyridine rings is 2. The zero-order valence-corrected chi connectivity index (χ0v) is 15.1. The Labute approximate surface area is 151 Å². The summed E-state index contributed by atoms with van der Waals surface area (Å²) in [6, 6.07) is 4.53. The van der Waals surface area contributed by atoms with Crippen molar-refractivity contribution in [1.29, 1.82) is 0 Å². The van der Waals surface area contributed by atoms with Crippen LogP contribution < -0.4 is 0 Å². The molecular formula is C20H19ClN4. The molecule has 0 amide bonds. The maximum atomic E-state index is 6.26.